The number of ether oxygens (including phenoxy) is 1. The lowest BCUT2D eigenvalue weighted by Crippen LogP contribution is -2.47. The van der Waals surface area contributed by atoms with E-state index in [-0.39, 0.29) is 22.6 Å². The van der Waals surface area contributed by atoms with Gasteiger partial charge in [0.1, 0.15) is 18.2 Å². The van der Waals surface area contributed by atoms with Crippen LogP contribution >= 0.6 is 15.9 Å². The highest BCUT2D eigenvalue weighted by atomic mass is 79.9. The fourth-order valence-corrected chi connectivity index (χ4v) is 3.21. The quantitative estimate of drug-likeness (QED) is 0.621. The first-order chi connectivity index (χ1) is 13.5. The molecule has 154 valence electrons. The summed E-state index contributed by atoms with van der Waals surface area (Å²) >= 11 is 3.02. The fourth-order valence-electron chi connectivity index (χ4n) is 2.84. The Morgan fingerprint density at radius 2 is 2.00 bits per heavy atom. The highest BCUT2D eigenvalue weighted by Gasteiger charge is 2.43. The number of amides is 2. The minimum Gasteiger partial charge on any atom is -0.446 e. The number of aromatic nitrogens is 1. The van der Waals surface area contributed by atoms with E-state index >= 15 is 0 Å². The predicted octanol–water partition coefficient (Wildman–Crippen LogP) is 4.30. The topological polar surface area (TPSA) is 62.7 Å². The Morgan fingerprint density at radius 3 is 2.62 bits per heavy atom. The first-order valence-corrected chi connectivity index (χ1v) is 9.03. The normalized spacial score (nSPS) is 16.7. The molecule has 11 heteroatoms. The fraction of sp³-hybridized carbons (Fsp3) is 0.278. The van der Waals surface area contributed by atoms with E-state index in [9.17, 15) is 27.2 Å². The molecule has 0 bridgehead atoms. The van der Waals surface area contributed by atoms with Gasteiger partial charge in [-0.25, -0.2) is 19.1 Å². The number of carbonyl (C=O) groups is 2. The number of likely N-dealkylation sites (N-methyl/N-ethyl adjacent to an activating group) is 1. The maximum absolute atomic E-state index is 13.4. The van der Waals surface area contributed by atoms with Gasteiger partial charge in [-0.1, -0.05) is 0 Å². The number of cyclic esters (lactones) is 1. The number of halogens is 5. The number of hydrogen-bond acceptors (Lipinski definition) is 4. The smallest absolute Gasteiger partial charge is 0.416 e. The Bertz CT molecular complexity index is 983. The van der Waals surface area contributed by atoms with E-state index in [4.69, 9.17) is 4.74 Å². The van der Waals surface area contributed by atoms with Gasteiger partial charge in [-0.2, -0.15) is 13.2 Å². The van der Waals surface area contributed by atoms with Crippen LogP contribution in [0, 0.1) is 12.7 Å². The molecule has 1 aromatic heterocycles. The largest absolute Gasteiger partial charge is 0.446 e. The standard InChI is InChI=1S/C18H14BrF4N3O3/c1-9-5-10(18(21,22)23)6-15(24-9)26-14(8-29-17(26)28)16(27)25(2)11-3-4-13(20)12(19)7-11/h3-7,14H,8H2,1-2H3. The molecule has 1 fully saturated rings. The summed E-state index contributed by atoms with van der Waals surface area (Å²) in [5, 5.41) is 0. The van der Waals surface area contributed by atoms with Gasteiger partial charge in [-0.15, -0.1) is 0 Å². The molecule has 0 aliphatic carbocycles. The highest BCUT2D eigenvalue weighted by Crippen LogP contribution is 2.33. The summed E-state index contributed by atoms with van der Waals surface area (Å²) < 4.78 is 57.9. The number of carbonyl (C=O) groups excluding carboxylic acids is 2. The lowest BCUT2D eigenvalue weighted by molar-refractivity contribution is -0.137. The molecular formula is C18H14BrF4N3O3. The van der Waals surface area contributed by atoms with E-state index in [1.54, 1.807) is 0 Å². The van der Waals surface area contributed by atoms with Crippen LogP contribution in [-0.2, 0) is 15.7 Å². The Labute approximate surface area is 171 Å². The van der Waals surface area contributed by atoms with Crippen molar-refractivity contribution in [1.29, 1.82) is 0 Å². The number of benzene rings is 1. The Balaban J connectivity index is 1.95. The van der Waals surface area contributed by atoms with Crippen molar-refractivity contribution in [3.8, 4) is 0 Å². The number of alkyl halides is 3. The summed E-state index contributed by atoms with van der Waals surface area (Å²) in [5.74, 6) is -1.50. The zero-order valence-electron chi connectivity index (χ0n) is 15.1. The van der Waals surface area contributed by atoms with Gasteiger partial charge in [0.15, 0.2) is 6.04 Å². The number of pyridine rings is 1. The molecule has 1 unspecified atom stereocenters. The first-order valence-electron chi connectivity index (χ1n) is 8.23. The number of rotatable bonds is 3. The van der Waals surface area contributed by atoms with Crippen molar-refractivity contribution >= 4 is 39.4 Å². The molecule has 6 nitrogen and oxygen atoms in total. The van der Waals surface area contributed by atoms with Crippen molar-refractivity contribution < 1.29 is 31.9 Å². The van der Waals surface area contributed by atoms with Crippen LogP contribution in [-0.4, -0.2) is 36.7 Å². The summed E-state index contributed by atoms with van der Waals surface area (Å²) in [7, 11) is 1.40. The third-order valence-electron chi connectivity index (χ3n) is 4.29. The maximum Gasteiger partial charge on any atom is 0.416 e. The summed E-state index contributed by atoms with van der Waals surface area (Å²) in [6.07, 6.45) is -5.63. The number of nitrogens with zero attached hydrogens (tertiary/aromatic N) is 3. The number of hydrogen-bond donors (Lipinski definition) is 0. The Morgan fingerprint density at radius 1 is 1.31 bits per heavy atom. The van der Waals surface area contributed by atoms with E-state index < -0.39 is 35.6 Å². The van der Waals surface area contributed by atoms with Gasteiger partial charge >= 0.3 is 12.3 Å². The Kier molecular flexibility index (Phi) is 5.52. The van der Waals surface area contributed by atoms with Crippen molar-refractivity contribution in [2.75, 3.05) is 23.5 Å². The molecule has 3 rings (SSSR count). The van der Waals surface area contributed by atoms with Crippen molar-refractivity contribution in [1.82, 2.24) is 4.98 Å². The molecule has 1 aromatic carbocycles. The van der Waals surface area contributed by atoms with E-state index in [2.05, 4.69) is 20.9 Å². The van der Waals surface area contributed by atoms with Crippen LogP contribution in [0.4, 0.5) is 33.9 Å². The lowest BCUT2D eigenvalue weighted by atomic mass is 10.2. The average Bonchev–Trinajstić information content (AvgIpc) is 3.03. The van der Waals surface area contributed by atoms with Crippen LogP contribution in [0.15, 0.2) is 34.8 Å². The summed E-state index contributed by atoms with van der Waals surface area (Å²) in [6.45, 7) is 0.987. The molecular weight excluding hydrogens is 462 g/mol. The second-order valence-corrected chi connectivity index (χ2v) is 7.17. The molecule has 1 aliphatic rings. The number of anilines is 2. The van der Waals surface area contributed by atoms with Crippen molar-refractivity contribution in [3.05, 3.63) is 51.9 Å². The molecule has 1 saturated heterocycles. The zero-order valence-corrected chi connectivity index (χ0v) is 16.7. The van der Waals surface area contributed by atoms with E-state index in [1.165, 1.54) is 26.1 Å². The van der Waals surface area contributed by atoms with Crippen LogP contribution in [0.5, 0.6) is 0 Å². The minimum absolute atomic E-state index is 0.0246. The Hall–Kier alpha value is -2.69. The summed E-state index contributed by atoms with van der Waals surface area (Å²) in [4.78, 5) is 31.0. The predicted molar refractivity (Wildman–Crippen MR) is 99.1 cm³/mol. The molecule has 29 heavy (non-hydrogen) atoms. The molecule has 0 N–H and O–H groups in total. The first kappa shape index (κ1) is 21.0. The second kappa shape index (κ2) is 7.62. The van der Waals surface area contributed by atoms with Gasteiger partial charge in [0.2, 0.25) is 0 Å². The monoisotopic (exact) mass is 475 g/mol. The third kappa shape index (κ3) is 4.19. The highest BCUT2D eigenvalue weighted by molar-refractivity contribution is 9.10. The molecule has 2 aromatic rings. The molecule has 0 radical (unpaired) electrons. The van der Waals surface area contributed by atoms with E-state index in [1.807, 2.05) is 0 Å². The zero-order chi connectivity index (χ0) is 21.5. The van der Waals surface area contributed by atoms with Gasteiger partial charge in [0, 0.05) is 18.4 Å². The maximum atomic E-state index is 13.4. The van der Waals surface area contributed by atoms with Crippen molar-refractivity contribution in [2.45, 2.75) is 19.1 Å². The van der Waals surface area contributed by atoms with Crippen LogP contribution in [0.25, 0.3) is 0 Å². The van der Waals surface area contributed by atoms with E-state index in [0.717, 1.165) is 21.9 Å². The van der Waals surface area contributed by atoms with Crippen molar-refractivity contribution in [2.24, 2.45) is 0 Å². The SMILES string of the molecule is Cc1cc(C(F)(F)F)cc(N2C(=O)OCC2C(=O)N(C)c2ccc(F)c(Br)c2)n1. The van der Waals surface area contributed by atoms with Gasteiger partial charge in [-0.3, -0.25) is 4.79 Å². The van der Waals surface area contributed by atoms with Crippen LogP contribution in [0.3, 0.4) is 0 Å². The minimum atomic E-state index is -4.65. The average molecular weight is 476 g/mol. The van der Waals surface area contributed by atoms with Gasteiger partial charge in [-0.05, 0) is 53.2 Å². The molecule has 0 saturated carbocycles. The van der Waals surface area contributed by atoms with Crippen molar-refractivity contribution in [3.63, 3.8) is 0 Å². The summed E-state index contributed by atoms with van der Waals surface area (Å²) in [5.41, 5.74) is -0.658. The third-order valence-corrected chi connectivity index (χ3v) is 4.90. The molecule has 2 heterocycles. The van der Waals surface area contributed by atoms with Crippen LogP contribution in [0.2, 0.25) is 0 Å². The van der Waals surface area contributed by atoms with E-state index in [0.29, 0.717) is 11.8 Å². The molecule has 1 aliphatic heterocycles. The van der Waals surface area contributed by atoms with Gasteiger partial charge < -0.3 is 9.64 Å². The second-order valence-electron chi connectivity index (χ2n) is 6.31. The van der Waals surface area contributed by atoms with Gasteiger partial charge in [0.25, 0.3) is 5.91 Å². The number of aryl methyl sites for hydroxylation is 1. The molecule has 1 atom stereocenters. The molecule has 0 spiro atoms. The van der Waals surface area contributed by atoms with Crippen LogP contribution < -0.4 is 9.80 Å². The van der Waals surface area contributed by atoms with Crippen LogP contribution in [0.1, 0.15) is 11.3 Å². The summed E-state index contributed by atoms with van der Waals surface area (Å²) in [6, 6.07) is 4.16. The molecule has 2 amide bonds. The van der Waals surface area contributed by atoms with Gasteiger partial charge in [0.05, 0.1) is 10.0 Å². The lowest BCUT2D eigenvalue weighted by Gasteiger charge is -2.26.